The maximum Gasteiger partial charge on any atom is 0.290 e. The van der Waals surface area contributed by atoms with Crippen molar-refractivity contribution in [3.63, 3.8) is 0 Å². The van der Waals surface area contributed by atoms with E-state index >= 15 is 0 Å². The van der Waals surface area contributed by atoms with Crippen LogP contribution in [0.15, 0.2) is 24.4 Å². The first-order valence-corrected chi connectivity index (χ1v) is 8.77. The largest absolute Gasteiger partial charge is 0.351 e. The Bertz CT molecular complexity index is 762. The topological polar surface area (TPSA) is 70.0 Å². The predicted molar refractivity (Wildman–Crippen MR) is 95.8 cm³/mol. The number of carbonyl (C=O) groups excluding carboxylic acids is 2. The molecule has 0 saturated carbocycles. The van der Waals surface area contributed by atoms with Crippen LogP contribution in [0.5, 0.6) is 0 Å². The normalized spacial score (nSPS) is 14.4. The average molecular weight is 343 g/mol. The van der Waals surface area contributed by atoms with E-state index in [0.717, 1.165) is 38.9 Å². The van der Waals surface area contributed by atoms with Gasteiger partial charge in [0.05, 0.1) is 5.52 Å². The summed E-state index contributed by atoms with van der Waals surface area (Å²) in [5.41, 5.74) is 0.975. The van der Waals surface area contributed by atoms with Crippen molar-refractivity contribution in [3.05, 3.63) is 35.9 Å². The van der Waals surface area contributed by atoms with E-state index in [2.05, 4.69) is 15.2 Å². The zero-order chi connectivity index (χ0) is 17.8. The van der Waals surface area contributed by atoms with Gasteiger partial charge in [0.1, 0.15) is 0 Å². The van der Waals surface area contributed by atoms with Gasteiger partial charge in [-0.2, -0.15) is 0 Å². The van der Waals surface area contributed by atoms with Gasteiger partial charge in [-0.1, -0.05) is 6.07 Å². The number of rotatable bonds is 6. The second kappa shape index (κ2) is 7.65. The van der Waals surface area contributed by atoms with Crippen LogP contribution in [0.25, 0.3) is 5.52 Å². The third kappa shape index (κ3) is 3.82. The molecular weight excluding hydrogens is 318 g/mol. The third-order valence-electron chi connectivity index (χ3n) is 4.42. The lowest BCUT2D eigenvalue weighted by Crippen LogP contribution is -2.30. The van der Waals surface area contributed by atoms with Crippen LogP contribution in [0.2, 0.25) is 0 Å². The van der Waals surface area contributed by atoms with E-state index in [4.69, 9.17) is 0 Å². The first kappa shape index (κ1) is 17.4. The molecule has 3 heterocycles. The summed E-state index contributed by atoms with van der Waals surface area (Å²) in [6.07, 6.45) is 4.70. The van der Waals surface area contributed by atoms with E-state index < -0.39 is 0 Å². The molecule has 1 aliphatic heterocycles. The molecule has 0 atom stereocenters. The van der Waals surface area contributed by atoms with Crippen molar-refractivity contribution in [2.24, 2.45) is 0 Å². The summed E-state index contributed by atoms with van der Waals surface area (Å²) in [6, 6.07) is 5.51. The molecule has 1 N–H and O–H groups in total. The Kier molecular flexibility index (Phi) is 5.33. The summed E-state index contributed by atoms with van der Waals surface area (Å²) in [7, 11) is 4.00. The van der Waals surface area contributed by atoms with Crippen LogP contribution in [0.1, 0.15) is 40.4 Å². The Hall–Kier alpha value is -2.41. The van der Waals surface area contributed by atoms with E-state index in [1.165, 1.54) is 0 Å². The van der Waals surface area contributed by atoms with Crippen LogP contribution in [0, 0.1) is 0 Å². The summed E-state index contributed by atoms with van der Waals surface area (Å²) in [4.78, 5) is 33.6. The van der Waals surface area contributed by atoms with Crippen molar-refractivity contribution >= 4 is 17.3 Å². The molecule has 25 heavy (non-hydrogen) atoms. The van der Waals surface area contributed by atoms with Gasteiger partial charge in [0, 0.05) is 25.8 Å². The highest BCUT2D eigenvalue weighted by Gasteiger charge is 2.26. The number of likely N-dealkylation sites (tertiary alicyclic amines) is 1. The molecule has 0 aliphatic carbocycles. The van der Waals surface area contributed by atoms with Crippen LogP contribution < -0.4 is 5.32 Å². The van der Waals surface area contributed by atoms with E-state index in [9.17, 15) is 9.59 Å². The van der Waals surface area contributed by atoms with Crippen molar-refractivity contribution in [1.29, 1.82) is 0 Å². The number of imidazole rings is 1. The second-order valence-electron chi connectivity index (χ2n) is 6.65. The van der Waals surface area contributed by atoms with Crippen molar-refractivity contribution in [2.75, 3.05) is 40.3 Å². The van der Waals surface area contributed by atoms with Crippen molar-refractivity contribution in [2.45, 2.75) is 19.3 Å². The summed E-state index contributed by atoms with van der Waals surface area (Å²) < 4.78 is 1.72. The van der Waals surface area contributed by atoms with Crippen molar-refractivity contribution in [3.8, 4) is 0 Å². The quantitative estimate of drug-likeness (QED) is 0.802. The third-order valence-corrected chi connectivity index (χ3v) is 4.42. The molecule has 1 saturated heterocycles. The lowest BCUT2D eigenvalue weighted by Gasteiger charge is -2.13. The number of nitrogens with one attached hydrogen (secondary N) is 1. The minimum atomic E-state index is -0.233. The minimum Gasteiger partial charge on any atom is -0.351 e. The molecule has 7 heteroatoms. The molecule has 2 aromatic heterocycles. The SMILES string of the molecule is CN(C)CCCNC(=O)c1nc(C(=O)N2CCCC2)n2ccccc12. The van der Waals surface area contributed by atoms with Crippen molar-refractivity contribution in [1.82, 2.24) is 24.5 Å². The predicted octanol–water partition coefficient (Wildman–Crippen LogP) is 1.25. The Morgan fingerprint density at radius 2 is 2.00 bits per heavy atom. The van der Waals surface area contributed by atoms with E-state index in [-0.39, 0.29) is 11.8 Å². The zero-order valence-electron chi connectivity index (χ0n) is 14.9. The van der Waals surface area contributed by atoms with Gasteiger partial charge in [-0.15, -0.1) is 0 Å². The maximum atomic E-state index is 12.7. The number of fused-ring (bicyclic) bond motifs is 1. The fourth-order valence-electron chi connectivity index (χ4n) is 3.10. The van der Waals surface area contributed by atoms with Gasteiger partial charge in [0.15, 0.2) is 5.69 Å². The van der Waals surface area contributed by atoms with Gasteiger partial charge in [-0.3, -0.25) is 14.0 Å². The fraction of sp³-hybridized carbons (Fsp3) is 0.500. The molecule has 1 aliphatic rings. The number of hydrogen-bond donors (Lipinski definition) is 1. The number of nitrogens with zero attached hydrogens (tertiary/aromatic N) is 4. The van der Waals surface area contributed by atoms with Gasteiger partial charge < -0.3 is 15.1 Å². The second-order valence-corrected chi connectivity index (χ2v) is 6.65. The van der Waals surface area contributed by atoms with Gasteiger partial charge in [-0.25, -0.2) is 4.98 Å². The van der Waals surface area contributed by atoms with Crippen LogP contribution in [0.4, 0.5) is 0 Å². The number of amides is 2. The van der Waals surface area contributed by atoms with Gasteiger partial charge >= 0.3 is 0 Å². The van der Waals surface area contributed by atoms with Gasteiger partial charge in [-0.05, 0) is 52.0 Å². The Morgan fingerprint density at radius 1 is 1.24 bits per heavy atom. The molecule has 2 aromatic rings. The molecular formula is C18H25N5O2. The maximum absolute atomic E-state index is 12.7. The van der Waals surface area contributed by atoms with Gasteiger partial charge in [0.25, 0.3) is 11.8 Å². The Labute approximate surface area is 147 Å². The molecule has 0 aromatic carbocycles. The fourth-order valence-corrected chi connectivity index (χ4v) is 3.10. The summed E-state index contributed by atoms with van der Waals surface area (Å²) in [6.45, 7) is 3.00. The lowest BCUT2D eigenvalue weighted by molar-refractivity contribution is 0.0780. The molecule has 0 radical (unpaired) electrons. The molecule has 0 spiro atoms. The van der Waals surface area contributed by atoms with Crippen LogP contribution in [-0.4, -0.2) is 71.3 Å². The Morgan fingerprint density at radius 3 is 2.72 bits per heavy atom. The van der Waals surface area contributed by atoms with E-state index in [1.54, 1.807) is 15.5 Å². The average Bonchev–Trinajstić information content (AvgIpc) is 3.25. The molecule has 0 unspecified atom stereocenters. The molecule has 7 nitrogen and oxygen atoms in total. The highest BCUT2D eigenvalue weighted by Crippen LogP contribution is 2.17. The highest BCUT2D eigenvalue weighted by atomic mass is 16.2. The highest BCUT2D eigenvalue weighted by molar-refractivity contribution is 6.02. The molecule has 2 amide bonds. The van der Waals surface area contributed by atoms with Gasteiger partial charge in [0.2, 0.25) is 5.82 Å². The van der Waals surface area contributed by atoms with Crippen LogP contribution >= 0.6 is 0 Å². The molecule has 1 fully saturated rings. The molecule has 134 valence electrons. The number of aromatic nitrogens is 2. The summed E-state index contributed by atoms with van der Waals surface area (Å²) in [5.74, 6) is -0.0239. The summed E-state index contributed by atoms with van der Waals surface area (Å²) >= 11 is 0. The summed E-state index contributed by atoms with van der Waals surface area (Å²) in [5, 5.41) is 2.90. The standard InChI is InChI=1S/C18H25N5O2/c1-21(2)10-7-9-19-17(24)15-14-8-3-4-13-23(14)16(20-15)18(25)22-11-5-6-12-22/h3-4,8,13H,5-7,9-12H2,1-2H3,(H,19,24). The molecule has 3 rings (SSSR count). The number of carbonyl (C=O) groups is 2. The number of hydrogen-bond acceptors (Lipinski definition) is 4. The van der Waals surface area contributed by atoms with Crippen LogP contribution in [0.3, 0.4) is 0 Å². The van der Waals surface area contributed by atoms with Crippen molar-refractivity contribution < 1.29 is 9.59 Å². The van der Waals surface area contributed by atoms with E-state index in [1.807, 2.05) is 32.3 Å². The van der Waals surface area contributed by atoms with E-state index in [0.29, 0.717) is 23.6 Å². The number of pyridine rings is 1. The Balaban J connectivity index is 1.81. The molecule has 0 bridgehead atoms. The first-order valence-electron chi connectivity index (χ1n) is 8.77. The monoisotopic (exact) mass is 343 g/mol. The minimum absolute atomic E-state index is 0.106. The smallest absolute Gasteiger partial charge is 0.290 e. The first-order chi connectivity index (χ1) is 12.1. The van der Waals surface area contributed by atoms with Crippen LogP contribution in [-0.2, 0) is 0 Å². The zero-order valence-corrected chi connectivity index (χ0v) is 14.9. The lowest BCUT2D eigenvalue weighted by atomic mass is 10.3.